The molecular formula is C25H36F4O3. The van der Waals surface area contributed by atoms with Crippen molar-refractivity contribution >= 4 is 0 Å². The van der Waals surface area contributed by atoms with Gasteiger partial charge in [0.15, 0.2) is 23.7 Å². The lowest BCUT2D eigenvalue weighted by molar-refractivity contribution is -0.229. The number of halogens is 4. The van der Waals surface area contributed by atoms with Gasteiger partial charge in [0, 0.05) is 11.8 Å². The van der Waals surface area contributed by atoms with Crippen molar-refractivity contribution in [1.29, 1.82) is 0 Å². The van der Waals surface area contributed by atoms with Crippen molar-refractivity contribution < 1.29 is 31.8 Å². The molecule has 0 atom stereocenters. The van der Waals surface area contributed by atoms with Gasteiger partial charge in [-0.15, -0.1) is 0 Å². The smallest absolute Gasteiger partial charge is 0.272 e. The molecule has 32 heavy (non-hydrogen) atoms. The molecule has 1 aromatic rings. The van der Waals surface area contributed by atoms with E-state index in [2.05, 4.69) is 11.7 Å². The second-order valence-corrected chi connectivity index (χ2v) is 9.23. The third-order valence-corrected chi connectivity index (χ3v) is 6.71. The van der Waals surface area contributed by atoms with E-state index >= 15 is 0 Å². The summed E-state index contributed by atoms with van der Waals surface area (Å²) in [5.74, 6) is -1.79. The van der Waals surface area contributed by atoms with E-state index in [-0.39, 0.29) is 12.2 Å². The van der Waals surface area contributed by atoms with Gasteiger partial charge in [-0.25, -0.2) is 17.6 Å². The summed E-state index contributed by atoms with van der Waals surface area (Å²) in [7, 11) is 0. The van der Waals surface area contributed by atoms with Crippen LogP contribution < -0.4 is 4.74 Å². The number of unbranched alkanes of at least 4 members (excludes halogenated alkanes) is 4. The molecule has 182 valence electrons. The van der Waals surface area contributed by atoms with Gasteiger partial charge >= 0.3 is 0 Å². The topological polar surface area (TPSA) is 27.7 Å². The van der Waals surface area contributed by atoms with Gasteiger partial charge < -0.3 is 14.2 Å². The highest BCUT2D eigenvalue weighted by atomic mass is 19.3. The Morgan fingerprint density at radius 2 is 1.56 bits per heavy atom. The van der Waals surface area contributed by atoms with Crippen LogP contribution in [0.2, 0.25) is 0 Å². The average molecular weight is 461 g/mol. The third kappa shape index (κ3) is 7.34. The summed E-state index contributed by atoms with van der Waals surface area (Å²) >= 11 is 0. The van der Waals surface area contributed by atoms with E-state index in [1.54, 1.807) is 0 Å². The fourth-order valence-corrected chi connectivity index (χ4v) is 4.86. The first-order valence-corrected chi connectivity index (χ1v) is 12.1. The maximum Gasteiger partial charge on any atom is 0.272 e. The molecule has 1 saturated heterocycles. The van der Waals surface area contributed by atoms with Crippen LogP contribution in [0.3, 0.4) is 0 Å². The fourth-order valence-electron chi connectivity index (χ4n) is 4.86. The number of benzene rings is 1. The minimum Gasteiger partial charge on any atom is -0.482 e. The van der Waals surface area contributed by atoms with Crippen molar-refractivity contribution in [2.75, 3.05) is 19.8 Å². The average Bonchev–Trinajstić information content (AvgIpc) is 2.78. The predicted molar refractivity (Wildman–Crippen MR) is 115 cm³/mol. The summed E-state index contributed by atoms with van der Waals surface area (Å²) in [6.07, 6.45) is 7.84. The zero-order valence-corrected chi connectivity index (χ0v) is 19.0. The van der Waals surface area contributed by atoms with Gasteiger partial charge in [0.2, 0.25) is 0 Å². The van der Waals surface area contributed by atoms with Gasteiger partial charge in [-0.3, -0.25) is 0 Å². The van der Waals surface area contributed by atoms with E-state index in [4.69, 9.17) is 9.47 Å². The summed E-state index contributed by atoms with van der Waals surface area (Å²) < 4.78 is 69.6. The van der Waals surface area contributed by atoms with Crippen LogP contribution in [0, 0.1) is 23.5 Å². The summed E-state index contributed by atoms with van der Waals surface area (Å²) in [4.78, 5) is 0. The monoisotopic (exact) mass is 460 g/mol. The highest BCUT2D eigenvalue weighted by Gasteiger charge is 2.33. The molecule has 1 saturated carbocycles. The molecule has 0 N–H and O–H groups in total. The molecule has 7 heteroatoms. The van der Waals surface area contributed by atoms with Gasteiger partial charge in [-0.2, -0.15) is 0 Å². The van der Waals surface area contributed by atoms with Crippen molar-refractivity contribution in [3.63, 3.8) is 0 Å². The Labute approximate surface area is 188 Å². The molecule has 0 bridgehead atoms. The minimum atomic E-state index is -2.78. The second-order valence-electron chi connectivity index (χ2n) is 9.23. The molecular weight excluding hydrogens is 424 g/mol. The van der Waals surface area contributed by atoms with E-state index in [0.717, 1.165) is 45.3 Å². The quantitative estimate of drug-likeness (QED) is 0.257. The van der Waals surface area contributed by atoms with Crippen molar-refractivity contribution in [2.24, 2.45) is 11.8 Å². The second kappa shape index (κ2) is 12.8. The lowest BCUT2D eigenvalue weighted by Gasteiger charge is -2.37. The number of hydrogen-bond acceptors (Lipinski definition) is 3. The molecule has 1 heterocycles. The van der Waals surface area contributed by atoms with Crippen molar-refractivity contribution in [3.05, 3.63) is 29.3 Å². The molecule has 0 aromatic heterocycles. The van der Waals surface area contributed by atoms with E-state index in [1.807, 2.05) is 0 Å². The molecule has 0 radical (unpaired) electrons. The molecule has 0 spiro atoms. The SMILES string of the molecule is CCCCCCCC1COC(C2CCC(c3cc(F)c(OCC(F)F)c(F)c3)CC2)OC1. The Kier molecular flexibility index (Phi) is 10.1. The normalized spacial score (nSPS) is 26.4. The van der Waals surface area contributed by atoms with E-state index in [1.165, 1.54) is 44.2 Å². The number of hydrogen-bond donors (Lipinski definition) is 0. The van der Waals surface area contributed by atoms with Crippen LogP contribution in [0.1, 0.15) is 82.6 Å². The van der Waals surface area contributed by atoms with Crippen molar-refractivity contribution in [1.82, 2.24) is 0 Å². The zero-order valence-electron chi connectivity index (χ0n) is 19.0. The summed E-state index contributed by atoms with van der Waals surface area (Å²) in [6, 6.07) is 2.43. The Balaban J connectivity index is 1.42. The van der Waals surface area contributed by atoms with Gasteiger partial charge in [-0.1, -0.05) is 39.0 Å². The Morgan fingerprint density at radius 1 is 0.938 bits per heavy atom. The minimum absolute atomic E-state index is 0.0267. The molecule has 1 aromatic carbocycles. The number of ether oxygens (including phenoxy) is 3. The lowest BCUT2D eigenvalue weighted by Crippen LogP contribution is -2.38. The predicted octanol–water partition coefficient (Wildman–Crippen LogP) is 7.23. The maximum absolute atomic E-state index is 14.2. The standard InChI is InChI=1S/C25H36F4O3/c1-2-3-4-5-6-7-17-14-31-25(32-15-17)19-10-8-18(9-11-19)20-12-21(26)24(22(27)13-20)30-16-23(28)29/h12-13,17-19,23,25H,2-11,14-16H2,1H3. The molecule has 1 aliphatic carbocycles. The van der Waals surface area contributed by atoms with Crippen molar-refractivity contribution in [3.8, 4) is 5.75 Å². The van der Waals surface area contributed by atoms with Crippen LogP contribution >= 0.6 is 0 Å². The zero-order chi connectivity index (χ0) is 22.9. The molecule has 2 fully saturated rings. The van der Waals surface area contributed by atoms with Crippen LogP contribution in [-0.4, -0.2) is 32.5 Å². The lowest BCUT2D eigenvalue weighted by atomic mass is 9.78. The van der Waals surface area contributed by atoms with Gasteiger partial charge in [-0.05, 0) is 55.7 Å². The van der Waals surface area contributed by atoms with E-state index in [0.29, 0.717) is 17.4 Å². The van der Waals surface area contributed by atoms with Gasteiger partial charge in [0.1, 0.15) is 6.61 Å². The van der Waals surface area contributed by atoms with Crippen LogP contribution in [0.15, 0.2) is 12.1 Å². The van der Waals surface area contributed by atoms with Gasteiger partial charge in [0.25, 0.3) is 6.43 Å². The maximum atomic E-state index is 14.2. The number of rotatable bonds is 11. The molecule has 2 aliphatic rings. The first-order chi connectivity index (χ1) is 15.5. The Bertz CT molecular complexity index is 661. The molecule has 1 aliphatic heterocycles. The van der Waals surface area contributed by atoms with Gasteiger partial charge in [0.05, 0.1) is 13.2 Å². The van der Waals surface area contributed by atoms with Crippen LogP contribution in [-0.2, 0) is 9.47 Å². The first kappa shape index (κ1) is 25.3. The number of alkyl halides is 2. The van der Waals surface area contributed by atoms with E-state index in [9.17, 15) is 17.6 Å². The highest BCUT2D eigenvalue weighted by molar-refractivity contribution is 5.33. The fraction of sp³-hybridized carbons (Fsp3) is 0.760. The summed E-state index contributed by atoms with van der Waals surface area (Å²) in [5, 5.41) is 0. The first-order valence-electron chi connectivity index (χ1n) is 12.1. The molecule has 0 amide bonds. The summed E-state index contributed by atoms with van der Waals surface area (Å²) in [5.41, 5.74) is 0.552. The third-order valence-electron chi connectivity index (χ3n) is 6.71. The molecule has 0 unspecified atom stereocenters. The molecule has 3 rings (SSSR count). The van der Waals surface area contributed by atoms with Crippen LogP contribution in [0.5, 0.6) is 5.75 Å². The molecule has 3 nitrogen and oxygen atoms in total. The van der Waals surface area contributed by atoms with Crippen LogP contribution in [0.4, 0.5) is 17.6 Å². The largest absolute Gasteiger partial charge is 0.482 e. The van der Waals surface area contributed by atoms with Crippen molar-refractivity contribution in [2.45, 2.75) is 89.8 Å². The van der Waals surface area contributed by atoms with E-state index < -0.39 is 30.4 Å². The van der Waals surface area contributed by atoms with Crippen LogP contribution in [0.25, 0.3) is 0 Å². The summed E-state index contributed by atoms with van der Waals surface area (Å²) in [6.45, 7) is 2.68. The Morgan fingerprint density at radius 3 is 2.16 bits per heavy atom. The highest BCUT2D eigenvalue weighted by Crippen LogP contribution is 2.40. The Hall–Kier alpha value is -1.34.